The van der Waals surface area contributed by atoms with Crippen molar-refractivity contribution in [3.05, 3.63) is 46.6 Å². The monoisotopic (exact) mass is 538 g/mol. The van der Waals surface area contributed by atoms with Crippen molar-refractivity contribution in [2.45, 2.75) is 51.4 Å². The maximum atomic E-state index is 14.2. The summed E-state index contributed by atoms with van der Waals surface area (Å²) < 4.78 is 167. The van der Waals surface area contributed by atoms with E-state index in [2.05, 4.69) is 13.2 Å². The molecule has 0 aromatic heterocycles. The van der Waals surface area contributed by atoms with E-state index in [-0.39, 0.29) is 0 Å². The Morgan fingerprint density at radius 2 is 0.972 bits per heavy atom. The molecule has 0 N–H and O–H groups in total. The fraction of sp³-hybridized carbons (Fsp3) is 0.545. The van der Waals surface area contributed by atoms with Crippen molar-refractivity contribution in [2.75, 3.05) is 0 Å². The van der Waals surface area contributed by atoms with Crippen LogP contribution in [0.25, 0.3) is 0 Å². The first-order valence-electron chi connectivity index (χ1n) is 10.0. The van der Waals surface area contributed by atoms with E-state index in [1.54, 1.807) is 0 Å². The van der Waals surface area contributed by atoms with Crippen LogP contribution in [0, 0.1) is 46.3 Å². The number of allylic oxidation sites excluding steroid dienone is 6. The van der Waals surface area contributed by atoms with Gasteiger partial charge < -0.3 is 0 Å². The lowest BCUT2D eigenvalue weighted by Crippen LogP contribution is -2.33. The molecule has 1 rings (SSSR count). The van der Waals surface area contributed by atoms with Gasteiger partial charge in [-0.1, -0.05) is 27.0 Å². The van der Waals surface area contributed by atoms with Gasteiger partial charge in [0, 0.05) is 0 Å². The van der Waals surface area contributed by atoms with E-state index < -0.39 is 94.7 Å². The van der Waals surface area contributed by atoms with Crippen molar-refractivity contribution >= 4 is 0 Å². The van der Waals surface area contributed by atoms with Crippen LogP contribution in [0.3, 0.4) is 0 Å². The summed E-state index contributed by atoms with van der Waals surface area (Å²) in [7, 11) is 0. The molecule has 0 radical (unpaired) electrons. The van der Waals surface area contributed by atoms with Crippen LogP contribution in [0.15, 0.2) is 46.6 Å². The van der Waals surface area contributed by atoms with Crippen LogP contribution < -0.4 is 0 Å². The molecule has 0 aliphatic heterocycles. The molecule has 0 aromatic rings. The van der Waals surface area contributed by atoms with Gasteiger partial charge in [0.15, 0.2) is 0 Å². The lowest BCUT2D eigenvalue weighted by molar-refractivity contribution is -0.174. The molecule has 1 aliphatic carbocycles. The van der Waals surface area contributed by atoms with Crippen LogP contribution in [0.1, 0.15) is 26.7 Å². The Morgan fingerprint density at radius 3 is 1.14 bits per heavy atom. The number of halogens is 12. The molecule has 0 fully saturated rings. The SMILES string of the molecule is C=C(C1=C(C(=C)C(CC)C(F)(F)F)C(C(F)(F)F)C(=C(C#N)C#N)C1C(F)(F)F)C(CC)C(F)(F)F. The Bertz CT molecular complexity index is 956. The van der Waals surface area contributed by atoms with Crippen LogP contribution >= 0.6 is 0 Å². The summed E-state index contributed by atoms with van der Waals surface area (Å²) in [6, 6.07) is 1.70. The lowest BCUT2D eigenvalue weighted by atomic mass is 9.80. The summed E-state index contributed by atoms with van der Waals surface area (Å²) in [6.45, 7) is 7.53. The zero-order valence-electron chi connectivity index (χ0n) is 18.6. The number of alkyl halides is 12. The molecule has 0 amide bonds. The molecular formula is C22H18F12N2. The van der Waals surface area contributed by atoms with Gasteiger partial charge in [0.1, 0.15) is 29.5 Å². The molecular weight excluding hydrogens is 520 g/mol. The molecule has 200 valence electrons. The maximum absolute atomic E-state index is 14.2. The third kappa shape index (κ3) is 5.90. The van der Waals surface area contributed by atoms with Gasteiger partial charge in [-0.15, -0.1) is 0 Å². The molecule has 0 bridgehead atoms. The molecule has 4 atom stereocenters. The van der Waals surface area contributed by atoms with E-state index >= 15 is 0 Å². The highest BCUT2D eigenvalue weighted by Crippen LogP contribution is 2.61. The number of hydrogen-bond donors (Lipinski definition) is 0. The second-order valence-electron chi connectivity index (χ2n) is 7.89. The fourth-order valence-electron chi connectivity index (χ4n) is 4.35. The van der Waals surface area contributed by atoms with Gasteiger partial charge in [-0.2, -0.15) is 63.2 Å². The number of nitriles is 2. The Morgan fingerprint density at radius 1 is 0.694 bits per heavy atom. The van der Waals surface area contributed by atoms with Gasteiger partial charge in [0.25, 0.3) is 0 Å². The first-order valence-corrected chi connectivity index (χ1v) is 10.0. The van der Waals surface area contributed by atoms with Crippen LogP contribution in [0.2, 0.25) is 0 Å². The van der Waals surface area contributed by atoms with Gasteiger partial charge >= 0.3 is 24.7 Å². The summed E-state index contributed by atoms with van der Waals surface area (Å²) in [5, 5.41) is 18.2. The average Bonchev–Trinajstić information content (AvgIpc) is 3.04. The van der Waals surface area contributed by atoms with Crippen LogP contribution in [-0.4, -0.2) is 24.7 Å². The van der Waals surface area contributed by atoms with E-state index in [0.717, 1.165) is 26.0 Å². The highest BCUT2D eigenvalue weighted by molar-refractivity contribution is 5.63. The maximum Gasteiger partial charge on any atom is 0.399 e. The Balaban J connectivity index is 4.43. The standard InChI is InChI=1S/C22H18F12N2/c1-5-12(19(23,24)25)9(3)14-15(10(4)13(6-2)20(26,27)28)18(22(32,33)34)16(11(7-35)8-36)17(14)21(29,30)31/h12-13,17-18H,3-6H2,1-2H3. The van der Waals surface area contributed by atoms with Crippen LogP contribution in [0.4, 0.5) is 52.7 Å². The van der Waals surface area contributed by atoms with E-state index in [1.807, 2.05) is 0 Å². The summed E-state index contributed by atoms with van der Waals surface area (Å²) in [5.74, 6) is -13.0. The van der Waals surface area contributed by atoms with E-state index in [4.69, 9.17) is 10.5 Å². The second kappa shape index (κ2) is 10.2. The first kappa shape index (κ1) is 31.1. The summed E-state index contributed by atoms with van der Waals surface area (Å²) in [4.78, 5) is 0. The number of rotatable bonds is 6. The minimum absolute atomic E-state index is 0.842. The van der Waals surface area contributed by atoms with Crippen LogP contribution in [-0.2, 0) is 0 Å². The fourth-order valence-corrected chi connectivity index (χ4v) is 4.35. The molecule has 0 saturated heterocycles. The van der Waals surface area contributed by atoms with Gasteiger partial charge in [-0.25, -0.2) is 0 Å². The van der Waals surface area contributed by atoms with E-state index in [9.17, 15) is 52.7 Å². The van der Waals surface area contributed by atoms with Crippen molar-refractivity contribution in [3.8, 4) is 12.1 Å². The molecule has 0 aromatic carbocycles. The van der Waals surface area contributed by atoms with Crippen molar-refractivity contribution in [1.29, 1.82) is 10.5 Å². The third-order valence-electron chi connectivity index (χ3n) is 5.80. The van der Waals surface area contributed by atoms with Gasteiger partial charge in [-0.05, 0) is 40.7 Å². The zero-order chi connectivity index (χ0) is 28.6. The van der Waals surface area contributed by atoms with Crippen molar-refractivity contribution in [3.63, 3.8) is 0 Å². The number of nitrogens with zero attached hydrogens (tertiary/aromatic N) is 2. The first-order chi connectivity index (χ1) is 16.1. The Hall–Kier alpha value is -2.90. The molecule has 14 heteroatoms. The minimum Gasteiger partial charge on any atom is -0.192 e. The summed E-state index contributed by atoms with van der Waals surface area (Å²) >= 11 is 0. The quantitative estimate of drug-likeness (QED) is 0.252. The largest absolute Gasteiger partial charge is 0.399 e. The van der Waals surface area contributed by atoms with Gasteiger partial charge in [-0.3, -0.25) is 0 Å². The second-order valence-corrected chi connectivity index (χ2v) is 7.89. The highest BCUT2D eigenvalue weighted by atomic mass is 19.4. The predicted molar refractivity (Wildman–Crippen MR) is 102 cm³/mol. The third-order valence-corrected chi connectivity index (χ3v) is 5.80. The van der Waals surface area contributed by atoms with Crippen LogP contribution in [0.5, 0.6) is 0 Å². The molecule has 1 aliphatic rings. The molecule has 2 nitrogen and oxygen atoms in total. The smallest absolute Gasteiger partial charge is 0.192 e. The van der Waals surface area contributed by atoms with Gasteiger partial charge in [0.2, 0.25) is 0 Å². The lowest BCUT2D eigenvalue weighted by Gasteiger charge is -2.29. The molecule has 0 spiro atoms. The average molecular weight is 538 g/mol. The van der Waals surface area contributed by atoms with Gasteiger partial charge in [0.05, 0.1) is 11.8 Å². The molecule has 0 saturated carbocycles. The van der Waals surface area contributed by atoms with Crippen molar-refractivity contribution in [1.82, 2.24) is 0 Å². The Labute approximate surface area is 197 Å². The number of hydrogen-bond acceptors (Lipinski definition) is 2. The van der Waals surface area contributed by atoms with E-state index in [0.29, 0.717) is 0 Å². The highest BCUT2D eigenvalue weighted by Gasteiger charge is 2.63. The predicted octanol–water partition coefficient (Wildman–Crippen LogP) is 8.29. The van der Waals surface area contributed by atoms with Crippen molar-refractivity contribution in [2.24, 2.45) is 23.7 Å². The zero-order valence-corrected chi connectivity index (χ0v) is 18.6. The molecule has 4 unspecified atom stereocenters. The van der Waals surface area contributed by atoms with E-state index in [1.165, 1.54) is 0 Å². The molecule has 36 heavy (non-hydrogen) atoms. The summed E-state index contributed by atoms with van der Waals surface area (Å²) in [5.41, 5.74) is -10.5. The topological polar surface area (TPSA) is 47.6 Å². The minimum atomic E-state index is -5.85. The van der Waals surface area contributed by atoms with Crippen molar-refractivity contribution < 1.29 is 52.7 Å². The normalized spacial score (nSPS) is 21.1. The summed E-state index contributed by atoms with van der Waals surface area (Å²) in [6.07, 6.45) is -24.4. The molecule has 0 heterocycles. The Kier molecular flexibility index (Phi) is 8.84.